The molecule has 0 saturated heterocycles. The van der Waals surface area contributed by atoms with Crippen LogP contribution >= 0.6 is 0 Å². The predicted octanol–water partition coefficient (Wildman–Crippen LogP) is 3.95. The van der Waals surface area contributed by atoms with Gasteiger partial charge >= 0.3 is 5.97 Å². The number of aliphatic carboxylic acids is 1. The van der Waals surface area contributed by atoms with E-state index in [0.717, 1.165) is 19.3 Å². The Morgan fingerprint density at radius 1 is 1.29 bits per heavy atom. The molecule has 3 atom stereocenters. The summed E-state index contributed by atoms with van der Waals surface area (Å²) in [5.74, 6) is -0.308. The highest BCUT2D eigenvalue weighted by atomic mass is 16.4. The molecule has 1 fully saturated rings. The third kappa shape index (κ3) is 3.85. The predicted molar refractivity (Wildman–Crippen MR) is 85.5 cm³/mol. The van der Waals surface area contributed by atoms with Crippen LogP contribution in [0.15, 0.2) is 30.3 Å². The van der Waals surface area contributed by atoms with Crippen molar-refractivity contribution in [1.82, 2.24) is 5.32 Å². The molecule has 3 heteroatoms. The highest BCUT2D eigenvalue weighted by molar-refractivity contribution is 5.78. The zero-order valence-corrected chi connectivity index (χ0v) is 13.1. The zero-order valence-electron chi connectivity index (χ0n) is 13.1. The van der Waals surface area contributed by atoms with Crippen molar-refractivity contribution >= 4 is 5.97 Å². The van der Waals surface area contributed by atoms with E-state index >= 15 is 0 Å². The maximum Gasteiger partial charge on any atom is 0.323 e. The molecule has 0 amide bonds. The molecular weight excluding hydrogens is 262 g/mol. The zero-order chi connectivity index (χ0) is 15.3. The van der Waals surface area contributed by atoms with E-state index in [1.807, 2.05) is 19.9 Å². The molecule has 21 heavy (non-hydrogen) atoms. The van der Waals surface area contributed by atoms with Crippen LogP contribution in [0.25, 0.3) is 0 Å². The Kier molecular flexibility index (Phi) is 5.40. The monoisotopic (exact) mass is 289 g/mol. The fourth-order valence-corrected chi connectivity index (χ4v) is 3.55. The molecule has 1 aliphatic carbocycles. The number of rotatable bonds is 6. The Morgan fingerprint density at radius 3 is 2.57 bits per heavy atom. The van der Waals surface area contributed by atoms with Crippen molar-refractivity contribution in [2.45, 2.75) is 69.9 Å². The second-order valence-corrected chi connectivity index (χ2v) is 6.44. The van der Waals surface area contributed by atoms with E-state index in [9.17, 15) is 9.90 Å². The van der Waals surface area contributed by atoms with Crippen molar-refractivity contribution in [3.63, 3.8) is 0 Å². The van der Waals surface area contributed by atoms with Gasteiger partial charge in [-0.3, -0.25) is 10.1 Å². The summed E-state index contributed by atoms with van der Waals surface area (Å²) in [5.41, 5.74) is 0.517. The van der Waals surface area contributed by atoms with Crippen LogP contribution in [0.1, 0.15) is 63.9 Å². The molecule has 1 saturated carbocycles. The first kappa shape index (κ1) is 16.0. The first-order valence-electron chi connectivity index (χ1n) is 8.13. The lowest BCUT2D eigenvalue weighted by atomic mass is 9.78. The minimum atomic E-state index is -0.816. The van der Waals surface area contributed by atoms with Crippen LogP contribution in [-0.4, -0.2) is 22.7 Å². The molecule has 0 heterocycles. The first-order valence-corrected chi connectivity index (χ1v) is 8.13. The van der Waals surface area contributed by atoms with Crippen molar-refractivity contribution < 1.29 is 9.90 Å². The van der Waals surface area contributed by atoms with Crippen molar-refractivity contribution in [1.29, 1.82) is 0 Å². The first-order chi connectivity index (χ1) is 10.1. The lowest BCUT2D eigenvalue weighted by molar-refractivity contribution is -0.145. The van der Waals surface area contributed by atoms with Crippen LogP contribution in [0.5, 0.6) is 0 Å². The number of carbonyl (C=O) groups is 1. The lowest BCUT2D eigenvalue weighted by Gasteiger charge is -2.38. The van der Waals surface area contributed by atoms with Gasteiger partial charge in [-0.1, -0.05) is 56.5 Å². The Bertz CT molecular complexity index is 460. The fourth-order valence-electron chi connectivity index (χ4n) is 3.55. The molecular formula is C18H27NO2. The smallest absolute Gasteiger partial charge is 0.323 e. The maximum absolute atomic E-state index is 11.7. The molecule has 1 aromatic rings. The van der Waals surface area contributed by atoms with Gasteiger partial charge in [0.05, 0.1) is 0 Å². The van der Waals surface area contributed by atoms with Gasteiger partial charge in [-0.25, -0.2) is 0 Å². The Morgan fingerprint density at radius 2 is 1.95 bits per heavy atom. The molecule has 3 unspecified atom stereocenters. The number of carboxylic acids is 1. The summed E-state index contributed by atoms with van der Waals surface area (Å²) in [6.07, 6.45) is 6.16. The molecule has 1 aliphatic rings. The number of nitrogens with one attached hydrogen (secondary N) is 1. The molecule has 2 rings (SSSR count). The highest BCUT2D eigenvalue weighted by Crippen LogP contribution is 2.34. The van der Waals surface area contributed by atoms with Crippen LogP contribution in [-0.2, 0) is 4.79 Å². The van der Waals surface area contributed by atoms with Gasteiger partial charge in [-0.2, -0.15) is 0 Å². The van der Waals surface area contributed by atoms with Crippen LogP contribution in [0.4, 0.5) is 0 Å². The Labute approximate surface area is 127 Å². The summed E-state index contributed by atoms with van der Waals surface area (Å²) < 4.78 is 0. The molecule has 0 bridgehead atoms. The number of hydrogen-bond donors (Lipinski definition) is 2. The van der Waals surface area contributed by atoms with Crippen LogP contribution in [0.3, 0.4) is 0 Å². The van der Waals surface area contributed by atoms with E-state index in [0.29, 0.717) is 12.3 Å². The van der Waals surface area contributed by atoms with Gasteiger partial charge in [0, 0.05) is 6.04 Å². The quantitative estimate of drug-likeness (QED) is 0.833. The van der Waals surface area contributed by atoms with E-state index in [1.165, 1.54) is 18.4 Å². The van der Waals surface area contributed by atoms with Gasteiger partial charge < -0.3 is 5.11 Å². The largest absolute Gasteiger partial charge is 0.480 e. The van der Waals surface area contributed by atoms with Gasteiger partial charge in [-0.05, 0) is 37.7 Å². The second-order valence-electron chi connectivity index (χ2n) is 6.44. The van der Waals surface area contributed by atoms with E-state index in [1.54, 1.807) is 0 Å². The molecule has 0 spiro atoms. The van der Waals surface area contributed by atoms with Crippen LogP contribution in [0.2, 0.25) is 0 Å². The van der Waals surface area contributed by atoms with E-state index in [2.05, 4.69) is 29.6 Å². The third-order valence-corrected chi connectivity index (χ3v) is 4.72. The molecule has 0 aliphatic heterocycles. The average Bonchev–Trinajstić information content (AvgIpc) is 2.49. The van der Waals surface area contributed by atoms with E-state index in [4.69, 9.17) is 0 Å². The van der Waals surface area contributed by atoms with Gasteiger partial charge in [-0.15, -0.1) is 0 Å². The van der Waals surface area contributed by atoms with Gasteiger partial charge in [0.15, 0.2) is 0 Å². The van der Waals surface area contributed by atoms with Gasteiger partial charge in [0.2, 0.25) is 0 Å². The molecule has 3 nitrogen and oxygen atoms in total. The number of carboxylic acid groups (broad SMARTS) is 1. The van der Waals surface area contributed by atoms with Crippen molar-refractivity contribution in [3.05, 3.63) is 35.9 Å². The number of hydrogen-bond acceptors (Lipinski definition) is 2. The molecule has 116 valence electrons. The minimum Gasteiger partial charge on any atom is -0.480 e. The second kappa shape index (κ2) is 7.08. The summed E-state index contributed by atoms with van der Waals surface area (Å²) in [7, 11) is 0. The Hall–Kier alpha value is -1.35. The lowest BCUT2D eigenvalue weighted by Crippen LogP contribution is -2.55. The molecule has 0 radical (unpaired) electrons. The third-order valence-electron chi connectivity index (χ3n) is 4.72. The molecule has 0 aromatic heterocycles. The van der Waals surface area contributed by atoms with Crippen LogP contribution < -0.4 is 5.32 Å². The highest BCUT2D eigenvalue weighted by Gasteiger charge is 2.37. The van der Waals surface area contributed by atoms with Gasteiger partial charge in [0.1, 0.15) is 5.54 Å². The van der Waals surface area contributed by atoms with E-state index in [-0.39, 0.29) is 6.04 Å². The van der Waals surface area contributed by atoms with Gasteiger partial charge in [0.25, 0.3) is 0 Å². The summed E-state index contributed by atoms with van der Waals surface area (Å²) >= 11 is 0. The van der Waals surface area contributed by atoms with E-state index < -0.39 is 11.5 Å². The summed E-state index contributed by atoms with van der Waals surface area (Å²) in [6.45, 7) is 3.87. The Balaban J connectivity index is 2.17. The summed E-state index contributed by atoms with van der Waals surface area (Å²) in [6, 6.07) is 10.8. The summed E-state index contributed by atoms with van der Waals surface area (Å²) in [4.78, 5) is 11.7. The summed E-state index contributed by atoms with van der Waals surface area (Å²) in [5, 5.41) is 13.1. The van der Waals surface area contributed by atoms with Crippen LogP contribution in [0, 0.1) is 0 Å². The normalized spacial score (nSPS) is 25.2. The topological polar surface area (TPSA) is 49.3 Å². The molecule has 1 aromatic carbocycles. The van der Waals surface area contributed by atoms with Crippen molar-refractivity contribution in [2.75, 3.05) is 0 Å². The fraction of sp³-hybridized carbons (Fsp3) is 0.611. The average molecular weight is 289 g/mol. The maximum atomic E-state index is 11.7. The minimum absolute atomic E-state index is 0.258. The van der Waals surface area contributed by atoms with Crippen molar-refractivity contribution in [3.8, 4) is 0 Å². The molecule has 2 N–H and O–H groups in total. The van der Waals surface area contributed by atoms with Crippen molar-refractivity contribution in [2.24, 2.45) is 0 Å². The standard InChI is InChI=1S/C18H27NO2/c1-3-13-18(2,17(20)21)19-16-12-8-7-11-15(16)14-9-5-4-6-10-14/h4-6,9-10,15-16,19H,3,7-8,11-13H2,1-2H3,(H,20,21). The SMILES string of the molecule is CCCC(C)(NC1CCCCC1c1ccccc1)C(=O)O. The number of benzene rings is 1.